The Balaban J connectivity index is 2.10. The second-order valence-electron chi connectivity index (χ2n) is 4.69. The highest BCUT2D eigenvalue weighted by Crippen LogP contribution is 2.27. The number of aromatic hydroxyl groups is 1. The number of methoxy groups -OCH3 is 3. The van der Waals surface area contributed by atoms with Crippen LogP contribution in [0.2, 0.25) is 0 Å². The molecule has 1 amide bonds. The van der Waals surface area contributed by atoms with Crippen LogP contribution in [-0.4, -0.2) is 38.6 Å². The molecule has 2 aromatic rings. The van der Waals surface area contributed by atoms with Gasteiger partial charge in [0.05, 0.1) is 27.5 Å². The molecule has 0 aliphatic rings. The summed E-state index contributed by atoms with van der Waals surface area (Å²) in [5.74, 6) is 1.15. The summed E-state index contributed by atoms with van der Waals surface area (Å²) in [5.41, 5.74) is 3.16. The molecule has 0 radical (unpaired) electrons. The zero-order valence-corrected chi connectivity index (χ0v) is 13.6. The number of carbonyl (C=O) groups is 1. The molecule has 126 valence electrons. The summed E-state index contributed by atoms with van der Waals surface area (Å²) in [4.78, 5) is 12.1. The minimum absolute atomic E-state index is 0.0277. The fourth-order valence-corrected chi connectivity index (χ4v) is 1.97. The van der Waals surface area contributed by atoms with Crippen LogP contribution in [0.3, 0.4) is 0 Å². The number of hydrogen-bond donors (Lipinski definition) is 2. The normalized spacial score (nSPS) is 10.5. The van der Waals surface area contributed by atoms with Crippen molar-refractivity contribution >= 4 is 12.1 Å². The van der Waals surface area contributed by atoms with E-state index >= 15 is 0 Å². The van der Waals surface area contributed by atoms with Gasteiger partial charge in [0, 0.05) is 11.1 Å². The maximum Gasteiger partial charge on any atom is 0.271 e. The fraction of sp³-hybridized carbons (Fsp3) is 0.176. The van der Waals surface area contributed by atoms with Gasteiger partial charge in [0.2, 0.25) is 0 Å². The van der Waals surface area contributed by atoms with Crippen molar-refractivity contribution in [2.24, 2.45) is 5.10 Å². The van der Waals surface area contributed by atoms with Crippen LogP contribution in [0.4, 0.5) is 0 Å². The van der Waals surface area contributed by atoms with Crippen LogP contribution >= 0.6 is 0 Å². The van der Waals surface area contributed by atoms with Crippen LogP contribution in [0.25, 0.3) is 0 Å². The summed E-state index contributed by atoms with van der Waals surface area (Å²) in [6.45, 7) is 0. The molecule has 0 aliphatic carbocycles. The van der Waals surface area contributed by atoms with Crippen molar-refractivity contribution in [3.8, 4) is 23.0 Å². The molecule has 7 nitrogen and oxygen atoms in total. The molecule has 0 aromatic heterocycles. The van der Waals surface area contributed by atoms with Crippen molar-refractivity contribution < 1.29 is 24.1 Å². The van der Waals surface area contributed by atoms with Gasteiger partial charge in [-0.05, 0) is 36.4 Å². The van der Waals surface area contributed by atoms with E-state index in [4.69, 9.17) is 14.2 Å². The first-order chi connectivity index (χ1) is 11.6. The lowest BCUT2D eigenvalue weighted by atomic mass is 10.2. The van der Waals surface area contributed by atoms with E-state index in [2.05, 4.69) is 10.5 Å². The molecule has 2 aromatic carbocycles. The number of amides is 1. The highest BCUT2D eigenvalue weighted by Gasteiger charge is 2.10. The Morgan fingerprint density at radius 3 is 2.46 bits per heavy atom. The van der Waals surface area contributed by atoms with Crippen LogP contribution in [0.5, 0.6) is 23.0 Å². The number of nitrogens with zero attached hydrogens (tertiary/aromatic N) is 1. The predicted molar refractivity (Wildman–Crippen MR) is 89.3 cm³/mol. The molecule has 2 N–H and O–H groups in total. The Kier molecular flexibility index (Phi) is 5.62. The van der Waals surface area contributed by atoms with Gasteiger partial charge in [-0.15, -0.1) is 0 Å². The number of benzene rings is 2. The summed E-state index contributed by atoms with van der Waals surface area (Å²) < 4.78 is 15.3. The Bertz CT molecular complexity index is 759. The van der Waals surface area contributed by atoms with Gasteiger partial charge in [0.25, 0.3) is 5.91 Å². The predicted octanol–water partition coefficient (Wildman–Crippen LogP) is 2.18. The first-order valence-electron chi connectivity index (χ1n) is 7.01. The maximum atomic E-state index is 12.1. The zero-order valence-electron chi connectivity index (χ0n) is 13.6. The highest BCUT2D eigenvalue weighted by molar-refractivity contribution is 5.95. The molecule has 0 atom stereocenters. The van der Waals surface area contributed by atoms with Crippen molar-refractivity contribution in [1.82, 2.24) is 5.43 Å². The minimum Gasteiger partial charge on any atom is -0.507 e. The van der Waals surface area contributed by atoms with Crippen LogP contribution in [-0.2, 0) is 0 Å². The second kappa shape index (κ2) is 7.87. The Morgan fingerprint density at radius 2 is 1.79 bits per heavy atom. The summed E-state index contributed by atoms with van der Waals surface area (Å²) in [5, 5.41) is 13.6. The molecular formula is C17H18N2O5. The number of phenols is 1. The number of nitrogens with one attached hydrogen (secondary N) is 1. The van der Waals surface area contributed by atoms with Crippen LogP contribution in [0, 0.1) is 0 Å². The lowest BCUT2D eigenvalue weighted by molar-refractivity contribution is 0.0954. The van der Waals surface area contributed by atoms with Crippen molar-refractivity contribution in [3.63, 3.8) is 0 Å². The minimum atomic E-state index is -0.422. The third-order valence-corrected chi connectivity index (χ3v) is 3.25. The van der Waals surface area contributed by atoms with Gasteiger partial charge in [-0.1, -0.05) is 0 Å². The average Bonchev–Trinajstić information content (AvgIpc) is 2.62. The standard InChI is InChI=1S/C17H18N2O5/c1-22-13-5-6-14(20)12(8-13)10-18-19-17(21)11-4-7-15(23-2)16(9-11)24-3/h4-10,20H,1-3H3,(H,19,21)/b18-10-. The summed E-state index contributed by atoms with van der Waals surface area (Å²) in [6, 6.07) is 9.47. The van der Waals surface area contributed by atoms with E-state index in [0.717, 1.165) is 0 Å². The number of phenolic OH excluding ortho intramolecular Hbond substituents is 1. The van der Waals surface area contributed by atoms with Crippen LogP contribution in [0.15, 0.2) is 41.5 Å². The number of hydrogen-bond acceptors (Lipinski definition) is 6. The van der Waals surface area contributed by atoms with E-state index in [9.17, 15) is 9.90 Å². The third-order valence-electron chi connectivity index (χ3n) is 3.25. The van der Waals surface area contributed by atoms with E-state index in [1.165, 1.54) is 33.6 Å². The first-order valence-corrected chi connectivity index (χ1v) is 7.01. The zero-order chi connectivity index (χ0) is 17.5. The largest absolute Gasteiger partial charge is 0.507 e. The monoisotopic (exact) mass is 330 g/mol. The summed E-state index contributed by atoms with van der Waals surface area (Å²) >= 11 is 0. The quantitative estimate of drug-likeness (QED) is 0.626. The van der Waals surface area contributed by atoms with Crippen molar-refractivity contribution in [3.05, 3.63) is 47.5 Å². The lowest BCUT2D eigenvalue weighted by Crippen LogP contribution is -2.17. The Hall–Kier alpha value is -3.22. The summed E-state index contributed by atoms with van der Waals surface area (Å²) in [7, 11) is 4.53. The molecule has 0 unspecified atom stereocenters. The molecule has 7 heteroatoms. The van der Waals surface area contributed by atoms with Gasteiger partial charge >= 0.3 is 0 Å². The molecular weight excluding hydrogens is 312 g/mol. The van der Waals surface area contributed by atoms with E-state index in [1.54, 1.807) is 30.3 Å². The number of hydrazone groups is 1. The lowest BCUT2D eigenvalue weighted by Gasteiger charge is -2.08. The van der Waals surface area contributed by atoms with Crippen molar-refractivity contribution in [1.29, 1.82) is 0 Å². The number of rotatable bonds is 6. The van der Waals surface area contributed by atoms with Crippen molar-refractivity contribution in [2.45, 2.75) is 0 Å². The molecule has 0 heterocycles. The van der Waals surface area contributed by atoms with E-state index in [-0.39, 0.29) is 5.75 Å². The SMILES string of the molecule is COc1ccc(O)c(/C=N\NC(=O)c2ccc(OC)c(OC)c2)c1. The molecule has 0 bridgehead atoms. The Labute approximate surface area is 139 Å². The molecule has 2 rings (SSSR count). The molecule has 0 saturated carbocycles. The second-order valence-corrected chi connectivity index (χ2v) is 4.69. The van der Waals surface area contributed by atoms with Crippen molar-refractivity contribution in [2.75, 3.05) is 21.3 Å². The number of ether oxygens (including phenoxy) is 3. The average molecular weight is 330 g/mol. The third kappa shape index (κ3) is 3.95. The van der Waals surface area contributed by atoms with Crippen LogP contribution in [0.1, 0.15) is 15.9 Å². The van der Waals surface area contributed by atoms with Crippen LogP contribution < -0.4 is 19.6 Å². The first kappa shape index (κ1) is 17.1. The van der Waals surface area contributed by atoms with E-state index < -0.39 is 5.91 Å². The van der Waals surface area contributed by atoms with E-state index in [0.29, 0.717) is 28.4 Å². The van der Waals surface area contributed by atoms with Gasteiger partial charge in [-0.25, -0.2) is 5.43 Å². The van der Waals surface area contributed by atoms with Gasteiger partial charge in [-0.3, -0.25) is 4.79 Å². The maximum absolute atomic E-state index is 12.1. The fourth-order valence-electron chi connectivity index (χ4n) is 1.97. The topological polar surface area (TPSA) is 89.4 Å². The van der Waals surface area contributed by atoms with Gasteiger partial charge in [0.15, 0.2) is 11.5 Å². The van der Waals surface area contributed by atoms with Gasteiger partial charge in [-0.2, -0.15) is 5.10 Å². The molecule has 0 fully saturated rings. The van der Waals surface area contributed by atoms with E-state index in [1.807, 2.05) is 0 Å². The molecule has 0 spiro atoms. The highest BCUT2D eigenvalue weighted by atomic mass is 16.5. The molecule has 0 aliphatic heterocycles. The van der Waals surface area contributed by atoms with Gasteiger partial charge < -0.3 is 19.3 Å². The summed E-state index contributed by atoms with van der Waals surface area (Å²) in [6.07, 6.45) is 1.33. The smallest absolute Gasteiger partial charge is 0.271 e. The van der Waals surface area contributed by atoms with Gasteiger partial charge in [0.1, 0.15) is 11.5 Å². The number of carbonyl (C=O) groups excluding carboxylic acids is 1. The Morgan fingerprint density at radius 1 is 1.04 bits per heavy atom. The molecule has 0 saturated heterocycles. The molecule has 24 heavy (non-hydrogen) atoms.